The first-order valence-electron chi connectivity index (χ1n) is 7.23. The maximum Gasteiger partial charge on any atom is 0.0109 e. The van der Waals surface area contributed by atoms with Gasteiger partial charge >= 0.3 is 0 Å². The summed E-state index contributed by atoms with van der Waals surface area (Å²) >= 11 is 0. The fourth-order valence-electron chi connectivity index (χ4n) is 2.50. The van der Waals surface area contributed by atoms with E-state index in [2.05, 4.69) is 58.7 Å². The minimum absolute atomic E-state index is 0.0655. The van der Waals surface area contributed by atoms with Crippen LogP contribution < -0.4 is 5.73 Å². The Balaban J connectivity index is 2.53. The topological polar surface area (TPSA) is 29.3 Å². The molecule has 0 spiro atoms. The van der Waals surface area contributed by atoms with E-state index in [0.717, 1.165) is 25.9 Å². The van der Waals surface area contributed by atoms with Gasteiger partial charge in [0.2, 0.25) is 0 Å². The fourth-order valence-corrected chi connectivity index (χ4v) is 2.50. The quantitative estimate of drug-likeness (QED) is 0.853. The summed E-state index contributed by atoms with van der Waals surface area (Å²) in [4.78, 5) is 2.38. The molecule has 108 valence electrons. The number of aryl methyl sites for hydroxylation is 3. The highest BCUT2D eigenvalue weighted by Gasteiger charge is 2.12. The SMILES string of the molecule is Cc1cc(C)c(CCN(C)CCC(C)(C)N)c(C)c1. The van der Waals surface area contributed by atoms with Gasteiger partial charge in [0.25, 0.3) is 0 Å². The second kappa shape index (κ2) is 6.53. The minimum Gasteiger partial charge on any atom is -0.326 e. The van der Waals surface area contributed by atoms with Crippen molar-refractivity contribution >= 4 is 0 Å². The Labute approximate surface area is 119 Å². The zero-order valence-corrected chi connectivity index (χ0v) is 13.5. The lowest BCUT2D eigenvalue weighted by Gasteiger charge is -2.24. The monoisotopic (exact) mass is 262 g/mol. The summed E-state index contributed by atoms with van der Waals surface area (Å²) in [5.41, 5.74) is 11.7. The molecule has 0 aliphatic heterocycles. The molecule has 0 aromatic heterocycles. The Morgan fingerprint density at radius 1 is 1.05 bits per heavy atom. The molecular weight excluding hydrogens is 232 g/mol. The molecule has 0 aliphatic carbocycles. The number of hydrogen-bond acceptors (Lipinski definition) is 2. The molecule has 0 heterocycles. The van der Waals surface area contributed by atoms with E-state index in [1.165, 1.54) is 22.3 Å². The third-order valence-electron chi connectivity index (χ3n) is 3.72. The van der Waals surface area contributed by atoms with Crippen molar-refractivity contribution in [2.45, 2.75) is 53.0 Å². The van der Waals surface area contributed by atoms with Crippen LogP contribution in [0.4, 0.5) is 0 Å². The van der Waals surface area contributed by atoms with Crippen LogP contribution in [0.1, 0.15) is 42.5 Å². The van der Waals surface area contributed by atoms with Crippen LogP contribution in [0.2, 0.25) is 0 Å². The number of rotatable bonds is 6. The second-order valence-corrected chi connectivity index (χ2v) is 6.67. The zero-order chi connectivity index (χ0) is 14.6. The van der Waals surface area contributed by atoms with Gasteiger partial charge in [0.15, 0.2) is 0 Å². The Kier molecular flexibility index (Phi) is 5.57. The van der Waals surface area contributed by atoms with Crippen LogP contribution >= 0.6 is 0 Å². The molecule has 1 rings (SSSR count). The van der Waals surface area contributed by atoms with Gasteiger partial charge in [-0.05, 0) is 77.7 Å². The molecule has 2 nitrogen and oxygen atoms in total. The average Bonchev–Trinajstić information content (AvgIpc) is 2.23. The number of likely N-dealkylation sites (N-methyl/N-ethyl adjacent to an activating group) is 1. The van der Waals surface area contributed by atoms with Crippen molar-refractivity contribution in [1.29, 1.82) is 0 Å². The van der Waals surface area contributed by atoms with Gasteiger partial charge in [-0.2, -0.15) is 0 Å². The molecule has 1 aromatic carbocycles. The van der Waals surface area contributed by atoms with Crippen LogP contribution in [0.3, 0.4) is 0 Å². The lowest BCUT2D eigenvalue weighted by molar-refractivity contribution is 0.298. The van der Waals surface area contributed by atoms with Crippen LogP contribution in [-0.2, 0) is 6.42 Å². The van der Waals surface area contributed by atoms with Gasteiger partial charge in [0, 0.05) is 12.1 Å². The summed E-state index contributed by atoms with van der Waals surface area (Å²) < 4.78 is 0. The molecule has 0 aliphatic rings. The predicted octanol–water partition coefficient (Wildman–Crippen LogP) is 3.21. The van der Waals surface area contributed by atoms with Crippen molar-refractivity contribution in [3.8, 4) is 0 Å². The van der Waals surface area contributed by atoms with Crippen LogP contribution in [0, 0.1) is 20.8 Å². The van der Waals surface area contributed by atoms with E-state index in [0.29, 0.717) is 0 Å². The molecule has 0 saturated carbocycles. The lowest BCUT2D eigenvalue weighted by Crippen LogP contribution is -2.36. The zero-order valence-electron chi connectivity index (χ0n) is 13.5. The first kappa shape index (κ1) is 16.2. The first-order valence-corrected chi connectivity index (χ1v) is 7.23. The molecule has 0 saturated heterocycles. The maximum absolute atomic E-state index is 6.03. The molecule has 0 atom stereocenters. The highest BCUT2D eigenvalue weighted by atomic mass is 15.1. The Hall–Kier alpha value is -0.860. The largest absolute Gasteiger partial charge is 0.326 e. The minimum atomic E-state index is -0.0655. The number of benzene rings is 1. The molecule has 0 fully saturated rings. The first-order chi connectivity index (χ1) is 8.69. The summed E-state index contributed by atoms with van der Waals surface area (Å²) in [6.07, 6.45) is 2.16. The van der Waals surface area contributed by atoms with Crippen LogP contribution in [0.25, 0.3) is 0 Å². The summed E-state index contributed by atoms with van der Waals surface area (Å²) in [5.74, 6) is 0. The van der Waals surface area contributed by atoms with E-state index >= 15 is 0 Å². The highest BCUT2D eigenvalue weighted by molar-refractivity contribution is 5.37. The van der Waals surface area contributed by atoms with Crippen molar-refractivity contribution in [3.63, 3.8) is 0 Å². The van der Waals surface area contributed by atoms with Crippen LogP contribution in [-0.4, -0.2) is 30.6 Å². The van der Waals surface area contributed by atoms with Crippen molar-refractivity contribution in [3.05, 3.63) is 34.4 Å². The Bertz CT molecular complexity index is 393. The van der Waals surface area contributed by atoms with Gasteiger partial charge in [-0.25, -0.2) is 0 Å². The van der Waals surface area contributed by atoms with E-state index in [1.807, 2.05) is 0 Å². The molecule has 1 aromatic rings. The third-order valence-corrected chi connectivity index (χ3v) is 3.72. The van der Waals surface area contributed by atoms with Gasteiger partial charge in [-0.3, -0.25) is 0 Å². The molecule has 0 radical (unpaired) electrons. The summed E-state index contributed by atoms with van der Waals surface area (Å²) in [5, 5.41) is 0. The van der Waals surface area contributed by atoms with Gasteiger partial charge in [-0.15, -0.1) is 0 Å². The standard InChI is InChI=1S/C17H30N2/c1-13-11-14(2)16(15(3)12-13)7-9-19(6)10-8-17(4,5)18/h11-12H,7-10,18H2,1-6H3. The number of hydrogen-bond donors (Lipinski definition) is 1. The van der Waals surface area contributed by atoms with Crippen LogP contribution in [0.15, 0.2) is 12.1 Å². The van der Waals surface area contributed by atoms with Crippen molar-refractivity contribution < 1.29 is 0 Å². The fraction of sp³-hybridized carbons (Fsp3) is 0.647. The smallest absolute Gasteiger partial charge is 0.0109 e. The number of nitrogens with zero attached hydrogens (tertiary/aromatic N) is 1. The van der Waals surface area contributed by atoms with E-state index in [-0.39, 0.29) is 5.54 Å². The molecular formula is C17H30N2. The van der Waals surface area contributed by atoms with Gasteiger partial charge < -0.3 is 10.6 Å². The van der Waals surface area contributed by atoms with Gasteiger partial charge in [0.05, 0.1) is 0 Å². The molecule has 0 bridgehead atoms. The van der Waals surface area contributed by atoms with E-state index in [1.54, 1.807) is 0 Å². The number of nitrogens with two attached hydrogens (primary N) is 1. The average molecular weight is 262 g/mol. The van der Waals surface area contributed by atoms with E-state index in [4.69, 9.17) is 5.73 Å². The van der Waals surface area contributed by atoms with E-state index in [9.17, 15) is 0 Å². The lowest BCUT2D eigenvalue weighted by atomic mass is 9.97. The summed E-state index contributed by atoms with van der Waals surface area (Å²) in [6, 6.07) is 4.57. The molecule has 2 N–H and O–H groups in total. The predicted molar refractivity (Wildman–Crippen MR) is 84.7 cm³/mol. The summed E-state index contributed by atoms with van der Waals surface area (Å²) in [6.45, 7) is 13.0. The van der Waals surface area contributed by atoms with Gasteiger partial charge in [-0.1, -0.05) is 17.7 Å². The molecule has 0 amide bonds. The van der Waals surface area contributed by atoms with Crippen molar-refractivity contribution in [2.24, 2.45) is 5.73 Å². The summed E-state index contributed by atoms with van der Waals surface area (Å²) in [7, 11) is 2.19. The maximum atomic E-state index is 6.03. The molecule has 2 heteroatoms. The Morgan fingerprint density at radius 3 is 2.05 bits per heavy atom. The molecule has 0 unspecified atom stereocenters. The van der Waals surface area contributed by atoms with Crippen molar-refractivity contribution in [1.82, 2.24) is 4.90 Å². The second-order valence-electron chi connectivity index (χ2n) is 6.67. The molecule has 19 heavy (non-hydrogen) atoms. The van der Waals surface area contributed by atoms with Crippen LogP contribution in [0.5, 0.6) is 0 Å². The normalized spacial score (nSPS) is 12.2. The van der Waals surface area contributed by atoms with Gasteiger partial charge in [0.1, 0.15) is 0 Å². The van der Waals surface area contributed by atoms with E-state index < -0.39 is 0 Å². The van der Waals surface area contributed by atoms with Crippen molar-refractivity contribution in [2.75, 3.05) is 20.1 Å². The highest BCUT2D eigenvalue weighted by Crippen LogP contribution is 2.17. The third kappa shape index (κ3) is 5.75. The Morgan fingerprint density at radius 2 is 1.58 bits per heavy atom.